The highest BCUT2D eigenvalue weighted by molar-refractivity contribution is 6.32. The third-order valence-corrected chi connectivity index (χ3v) is 4.54. The third kappa shape index (κ3) is 3.82. The minimum absolute atomic E-state index is 0.0352. The van der Waals surface area contributed by atoms with E-state index < -0.39 is 5.60 Å². The average molecular weight is 314 g/mol. The summed E-state index contributed by atoms with van der Waals surface area (Å²) in [7, 11) is 3.21. The van der Waals surface area contributed by atoms with Crippen LogP contribution in [-0.4, -0.2) is 31.5 Å². The predicted octanol–water partition coefficient (Wildman–Crippen LogP) is 3.31. The first-order chi connectivity index (χ1) is 9.99. The number of nitrogens with one attached hydrogen (secondary N) is 1. The summed E-state index contributed by atoms with van der Waals surface area (Å²) in [5, 5.41) is 14.4. The number of rotatable bonds is 6. The first-order valence-corrected chi connectivity index (χ1v) is 7.74. The Labute approximate surface area is 131 Å². The molecule has 1 aromatic rings. The molecule has 1 fully saturated rings. The van der Waals surface area contributed by atoms with Crippen molar-refractivity contribution in [1.29, 1.82) is 0 Å². The van der Waals surface area contributed by atoms with Crippen LogP contribution in [0.1, 0.15) is 44.2 Å². The van der Waals surface area contributed by atoms with Gasteiger partial charge in [0.2, 0.25) is 0 Å². The van der Waals surface area contributed by atoms with Gasteiger partial charge >= 0.3 is 0 Å². The summed E-state index contributed by atoms with van der Waals surface area (Å²) in [6, 6.07) is 3.68. The molecular weight excluding hydrogens is 290 g/mol. The molecule has 0 heterocycles. The first kappa shape index (κ1) is 16.4. The molecule has 0 amide bonds. The van der Waals surface area contributed by atoms with Gasteiger partial charge in [0.25, 0.3) is 0 Å². The second kappa shape index (κ2) is 6.86. The van der Waals surface area contributed by atoms with Crippen LogP contribution in [0.5, 0.6) is 11.5 Å². The van der Waals surface area contributed by atoms with E-state index in [0.717, 1.165) is 37.0 Å². The van der Waals surface area contributed by atoms with E-state index in [1.807, 2.05) is 13.0 Å². The van der Waals surface area contributed by atoms with Crippen molar-refractivity contribution in [2.24, 2.45) is 0 Å². The second-order valence-corrected chi connectivity index (χ2v) is 6.17. The average Bonchev–Trinajstić information content (AvgIpc) is 2.91. The van der Waals surface area contributed by atoms with Crippen molar-refractivity contribution in [2.45, 2.75) is 44.2 Å². The van der Waals surface area contributed by atoms with Crippen LogP contribution in [0.3, 0.4) is 0 Å². The minimum Gasteiger partial charge on any atom is -0.496 e. The zero-order valence-electron chi connectivity index (χ0n) is 12.9. The van der Waals surface area contributed by atoms with Crippen LogP contribution in [-0.2, 0) is 0 Å². The molecule has 0 bridgehead atoms. The molecule has 0 aliphatic heterocycles. The van der Waals surface area contributed by atoms with Gasteiger partial charge < -0.3 is 19.9 Å². The van der Waals surface area contributed by atoms with Gasteiger partial charge in [-0.25, -0.2) is 0 Å². The van der Waals surface area contributed by atoms with Crippen LogP contribution in [0.15, 0.2) is 12.1 Å². The first-order valence-electron chi connectivity index (χ1n) is 7.36. The zero-order chi connectivity index (χ0) is 15.5. The van der Waals surface area contributed by atoms with E-state index in [0.29, 0.717) is 17.3 Å². The molecule has 1 aliphatic carbocycles. The molecule has 21 heavy (non-hydrogen) atoms. The summed E-state index contributed by atoms with van der Waals surface area (Å²) < 4.78 is 10.6. The molecule has 1 aromatic carbocycles. The molecule has 1 saturated carbocycles. The Balaban J connectivity index is 2.10. The molecule has 0 saturated heterocycles. The van der Waals surface area contributed by atoms with Gasteiger partial charge in [-0.05, 0) is 25.8 Å². The Morgan fingerprint density at radius 2 is 1.86 bits per heavy atom. The topological polar surface area (TPSA) is 50.7 Å². The summed E-state index contributed by atoms with van der Waals surface area (Å²) in [6.45, 7) is 2.62. The monoisotopic (exact) mass is 313 g/mol. The van der Waals surface area contributed by atoms with E-state index in [4.69, 9.17) is 21.1 Å². The SMILES string of the molecule is COc1cc(OC)c(C(C)NCC2(O)CCCC2)cc1Cl. The van der Waals surface area contributed by atoms with Crippen LogP contribution < -0.4 is 14.8 Å². The van der Waals surface area contributed by atoms with Crippen molar-refractivity contribution in [3.8, 4) is 11.5 Å². The van der Waals surface area contributed by atoms with E-state index in [1.165, 1.54) is 0 Å². The quantitative estimate of drug-likeness (QED) is 0.846. The number of benzene rings is 1. The van der Waals surface area contributed by atoms with Crippen LogP contribution in [0.25, 0.3) is 0 Å². The third-order valence-electron chi connectivity index (χ3n) is 4.24. The number of hydrogen-bond donors (Lipinski definition) is 2. The lowest BCUT2D eigenvalue weighted by Gasteiger charge is -2.26. The largest absolute Gasteiger partial charge is 0.496 e. The number of halogens is 1. The van der Waals surface area contributed by atoms with Crippen LogP contribution in [0, 0.1) is 0 Å². The van der Waals surface area contributed by atoms with Gasteiger partial charge in [0.1, 0.15) is 11.5 Å². The van der Waals surface area contributed by atoms with E-state index >= 15 is 0 Å². The highest BCUT2D eigenvalue weighted by Crippen LogP contribution is 2.36. The molecule has 0 radical (unpaired) electrons. The molecule has 2 rings (SSSR count). The zero-order valence-corrected chi connectivity index (χ0v) is 13.7. The Bertz CT molecular complexity index is 487. The molecule has 1 aliphatic rings. The number of ether oxygens (including phenoxy) is 2. The van der Waals surface area contributed by atoms with Gasteiger partial charge in [0.05, 0.1) is 24.8 Å². The summed E-state index contributed by atoms with van der Waals surface area (Å²) in [4.78, 5) is 0. The smallest absolute Gasteiger partial charge is 0.141 e. The summed E-state index contributed by atoms with van der Waals surface area (Å²) in [5.41, 5.74) is 0.391. The van der Waals surface area contributed by atoms with Crippen LogP contribution >= 0.6 is 11.6 Å². The fourth-order valence-electron chi connectivity index (χ4n) is 2.88. The van der Waals surface area contributed by atoms with E-state index in [-0.39, 0.29) is 6.04 Å². The highest BCUT2D eigenvalue weighted by Gasteiger charge is 2.31. The summed E-state index contributed by atoms with van der Waals surface area (Å²) in [5.74, 6) is 1.33. The number of aliphatic hydroxyl groups is 1. The molecule has 4 nitrogen and oxygen atoms in total. The maximum Gasteiger partial charge on any atom is 0.141 e. The van der Waals surface area contributed by atoms with Crippen molar-refractivity contribution < 1.29 is 14.6 Å². The number of hydrogen-bond acceptors (Lipinski definition) is 4. The molecule has 1 atom stereocenters. The number of methoxy groups -OCH3 is 2. The van der Waals surface area contributed by atoms with Crippen molar-refractivity contribution >= 4 is 11.6 Å². The molecule has 2 N–H and O–H groups in total. The minimum atomic E-state index is -0.572. The predicted molar refractivity (Wildman–Crippen MR) is 84.4 cm³/mol. The lowest BCUT2D eigenvalue weighted by Crippen LogP contribution is -2.39. The van der Waals surface area contributed by atoms with Crippen molar-refractivity contribution in [3.63, 3.8) is 0 Å². The Morgan fingerprint density at radius 1 is 1.24 bits per heavy atom. The fourth-order valence-corrected chi connectivity index (χ4v) is 3.13. The van der Waals surface area contributed by atoms with Gasteiger partial charge in [-0.3, -0.25) is 0 Å². The van der Waals surface area contributed by atoms with Gasteiger partial charge in [-0.15, -0.1) is 0 Å². The highest BCUT2D eigenvalue weighted by atomic mass is 35.5. The molecule has 1 unspecified atom stereocenters. The van der Waals surface area contributed by atoms with Crippen molar-refractivity contribution in [2.75, 3.05) is 20.8 Å². The van der Waals surface area contributed by atoms with Gasteiger partial charge in [0, 0.05) is 24.2 Å². The van der Waals surface area contributed by atoms with Crippen molar-refractivity contribution in [3.05, 3.63) is 22.7 Å². The van der Waals surface area contributed by atoms with E-state index in [9.17, 15) is 5.11 Å². The normalized spacial score (nSPS) is 18.5. The molecule has 0 spiro atoms. The fraction of sp³-hybridized carbons (Fsp3) is 0.625. The van der Waals surface area contributed by atoms with Crippen LogP contribution in [0.4, 0.5) is 0 Å². The van der Waals surface area contributed by atoms with Gasteiger partial charge in [0.15, 0.2) is 0 Å². The molecule has 5 heteroatoms. The van der Waals surface area contributed by atoms with E-state index in [2.05, 4.69) is 5.32 Å². The lowest BCUT2D eigenvalue weighted by molar-refractivity contribution is 0.0452. The second-order valence-electron chi connectivity index (χ2n) is 5.76. The standard InChI is InChI=1S/C16H24ClNO3/c1-11(18-10-16(19)6-4-5-7-16)12-8-13(17)15(21-3)9-14(12)20-2/h8-9,11,18-19H,4-7,10H2,1-3H3. The Morgan fingerprint density at radius 3 is 2.43 bits per heavy atom. The summed E-state index contributed by atoms with van der Waals surface area (Å²) >= 11 is 6.20. The van der Waals surface area contributed by atoms with E-state index in [1.54, 1.807) is 20.3 Å². The van der Waals surface area contributed by atoms with Gasteiger partial charge in [-0.1, -0.05) is 24.4 Å². The van der Waals surface area contributed by atoms with Gasteiger partial charge in [-0.2, -0.15) is 0 Å². The maximum absolute atomic E-state index is 10.4. The summed E-state index contributed by atoms with van der Waals surface area (Å²) in [6.07, 6.45) is 3.94. The maximum atomic E-state index is 10.4. The van der Waals surface area contributed by atoms with Crippen LogP contribution in [0.2, 0.25) is 5.02 Å². The molecule has 0 aromatic heterocycles. The van der Waals surface area contributed by atoms with Crippen molar-refractivity contribution in [1.82, 2.24) is 5.32 Å². The molecule has 118 valence electrons. The Hall–Kier alpha value is -0.970. The molecular formula is C16H24ClNO3. The lowest BCUT2D eigenvalue weighted by atomic mass is 10.0. The Kier molecular flexibility index (Phi) is 5.36.